The zero-order chi connectivity index (χ0) is 13.7. The molecule has 0 saturated heterocycles. The van der Waals surface area contributed by atoms with Crippen molar-refractivity contribution in [3.8, 4) is 0 Å². The number of hydrogen-bond acceptors (Lipinski definition) is 2. The molecule has 1 aliphatic heterocycles. The van der Waals surface area contributed by atoms with E-state index in [4.69, 9.17) is 18.0 Å². The summed E-state index contributed by atoms with van der Waals surface area (Å²) in [4.78, 5) is 4.61. The first-order chi connectivity index (χ1) is 9.10. The van der Waals surface area contributed by atoms with Crippen molar-refractivity contribution in [3.05, 3.63) is 12.2 Å². The number of nitrogens with zero attached hydrogens (tertiary/aromatic N) is 1. The Morgan fingerprint density at radius 3 is 2.84 bits per heavy atom. The average molecular weight is 279 g/mol. The number of nitrogens with two attached hydrogens (primary N) is 1. The minimum absolute atomic E-state index is 0.226. The van der Waals surface area contributed by atoms with Gasteiger partial charge in [-0.25, -0.2) is 0 Å². The Morgan fingerprint density at radius 2 is 2.16 bits per heavy atom. The molecule has 0 aromatic carbocycles. The summed E-state index contributed by atoms with van der Waals surface area (Å²) in [7, 11) is 0. The summed E-state index contributed by atoms with van der Waals surface area (Å²) in [6.07, 6.45) is 15.4. The molecule has 106 valence electrons. The average Bonchev–Trinajstić information content (AvgIpc) is 2.83. The molecule has 19 heavy (non-hydrogen) atoms. The number of thiocarbonyl (C=S) groups is 1. The van der Waals surface area contributed by atoms with Gasteiger partial charge in [0.1, 0.15) is 0 Å². The second-order valence-electron chi connectivity index (χ2n) is 6.03. The van der Waals surface area contributed by atoms with E-state index in [9.17, 15) is 0 Å². The van der Waals surface area contributed by atoms with Crippen LogP contribution in [0.2, 0.25) is 0 Å². The zero-order valence-corrected chi connectivity index (χ0v) is 12.6. The van der Waals surface area contributed by atoms with Gasteiger partial charge in [0.25, 0.3) is 0 Å². The van der Waals surface area contributed by atoms with Crippen molar-refractivity contribution in [1.29, 1.82) is 0 Å². The minimum Gasteiger partial charge on any atom is -0.376 e. The molecule has 0 aromatic rings. The van der Waals surface area contributed by atoms with Crippen LogP contribution >= 0.6 is 12.2 Å². The SMILES string of the molecule is CC1(NC(N)=S)C=CC=NC1CCCC1CCCC1. The van der Waals surface area contributed by atoms with Crippen LogP contribution in [-0.4, -0.2) is 22.9 Å². The van der Waals surface area contributed by atoms with E-state index in [1.165, 1.54) is 38.5 Å². The summed E-state index contributed by atoms with van der Waals surface area (Å²) in [6.45, 7) is 2.12. The fraction of sp³-hybridized carbons (Fsp3) is 0.733. The van der Waals surface area contributed by atoms with E-state index in [-0.39, 0.29) is 11.6 Å². The molecule has 1 saturated carbocycles. The van der Waals surface area contributed by atoms with Gasteiger partial charge in [-0.15, -0.1) is 0 Å². The predicted molar refractivity (Wildman–Crippen MR) is 85.6 cm³/mol. The number of dihydropyridines is 1. The van der Waals surface area contributed by atoms with E-state index in [0.717, 1.165) is 12.3 Å². The molecule has 2 aliphatic rings. The van der Waals surface area contributed by atoms with Gasteiger partial charge in [-0.3, -0.25) is 4.99 Å². The number of aliphatic imine (C=N–C) groups is 1. The first-order valence-electron chi connectivity index (χ1n) is 7.39. The third-order valence-electron chi connectivity index (χ3n) is 4.44. The number of hydrogen-bond donors (Lipinski definition) is 2. The Kier molecular flexibility index (Phi) is 4.97. The molecule has 0 aromatic heterocycles. The Balaban J connectivity index is 1.84. The summed E-state index contributed by atoms with van der Waals surface area (Å²) in [6, 6.07) is 0.236. The molecule has 1 fully saturated rings. The largest absolute Gasteiger partial charge is 0.376 e. The van der Waals surface area contributed by atoms with Crippen LogP contribution in [0.5, 0.6) is 0 Å². The van der Waals surface area contributed by atoms with Crippen LogP contribution in [0.15, 0.2) is 17.1 Å². The van der Waals surface area contributed by atoms with Gasteiger partial charge in [0.05, 0.1) is 11.6 Å². The maximum atomic E-state index is 5.63. The van der Waals surface area contributed by atoms with Crippen LogP contribution in [-0.2, 0) is 0 Å². The second kappa shape index (κ2) is 6.51. The van der Waals surface area contributed by atoms with Crippen LogP contribution < -0.4 is 11.1 Å². The highest BCUT2D eigenvalue weighted by Crippen LogP contribution is 2.30. The first-order valence-corrected chi connectivity index (χ1v) is 7.79. The summed E-state index contributed by atoms with van der Waals surface area (Å²) < 4.78 is 0. The van der Waals surface area contributed by atoms with Crippen LogP contribution in [0.3, 0.4) is 0 Å². The third-order valence-corrected chi connectivity index (χ3v) is 4.55. The molecule has 2 unspecified atom stereocenters. The fourth-order valence-corrected chi connectivity index (χ4v) is 3.55. The smallest absolute Gasteiger partial charge is 0.164 e. The highest BCUT2D eigenvalue weighted by atomic mass is 32.1. The van der Waals surface area contributed by atoms with Gasteiger partial charge in [-0.1, -0.05) is 44.6 Å². The van der Waals surface area contributed by atoms with Crippen molar-refractivity contribution in [1.82, 2.24) is 5.32 Å². The van der Waals surface area contributed by atoms with Crippen molar-refractivity contribution >= 4 is 23.5 Å². The maximum absolute atomic E-state index is 5.63. The van der Waals surface area contributed by atoms with Gasteiger partial charge < -0.3 is 11.1 Å². The van der Waals surface area contributed by atoms with Gasteiger partial charge in [0.2, 0.25) is 0 Å². The molecule has 0 spiro atoms. The standard InChI is InChI=1S/C15H25N3S/c1-15(18-14(16)19)10-5-11-17-13(15)9-4-8-12-6-2-3-7-12/h5,10-13H,2-4,6-9H2,1H3,(H3,16,18,19). The number of rotatable bonds is 5. The Bertz CT molecular complexity index is 372. The van der Waals surface area contributed by atoms with Crippen molar-refractivity contribution in [3.63, 3.8) is 0 Å². The lowest BCUT2D eigenvalue weighted by Gasteiger charge is -2.35. The minimum atomic E-state index is -0.226. The molecule has 2 atom stereocenters. The molecule has 1 aliphatic carbocycles. The predicted octanol–water partition coefficient (Wildman–Crippen LogP) is 2.95. The summed E-state index contributed by atoms with van der Waals surface area (Å²) >= 11 is 4.98. The normalized spacial score (nSPS) is 30.7. The molecular weight excluding hydrogens is 254 g/mol. The molecule has 2 rings (SSSR count). The van der Waals surface area contributed by atoms with Gasteiger partial charge in [0, 0.05) is 6.21 Å². The maximum Gasteiger partial charge on any atom is 0.164 e. The fourth-order valence-electron chi connectivity index (χ4n) is 3.33. The van der Waals surface area contributed by atoms with Gasteiger partial charge in [-0.05, 0) is 37.6 Å². The van der Waals surface area contributed by atoms with Gasteiger partial charge in [0.15, 0.2) is 5.11 Å². The van der Waals surface area contributed by atoms with Crippen molar-refractivity contribution in [2.45, 2.75) is 63.5 Å². The topological polar surface area (TPSA) is 50.4 Å². The lowest BCUT2D eigenvalue weighted by atomic mass is 9.86. The monoisotopic (exact) mass is 279 g/mol. The van der Waals surface area contributed by atoms with E-state index >= 15 is 0 Å². The molecule has 3 N–H and O–H groups in total. The second-order valence-corrected chi connectivity index (χ2v) is 6.47. The van der Waals surface area contributed by atoms with Crippen LogP contribution in [0.25, 0.3) is 0 Å². The lowest BCUT2D eigenvalue weighted by Crippen LogP contribution is -2.54. The Hall–Kier alpha value is -0.900. The Morgan fingerprint density at radius 1 is 1.42 bits per heavy atom. The molecular formula is C15H25N3S. The summed E-state index contributed by atoms with van der Waals surface area (Å²) in [5.74, 6) is 0.956. The van der Waals surface area contributed by atoms with Crippen LogP contribution in [0.4, 0.5) is 0 Å². The van der Waals surface area contributed by atoms with E-state index in [1.807, 2.05) is 12.3 Å². The highest BCUT2D eigenvalue weighted by molar-refractivity contribution is 7.80. The van der Waals surface area contributed by atoms with Crippen LogP contribution in [0, 0.1) is 5.92 Å². The van der Waals surface area contributed by atoms with Crippen LogP contribution in [0.1, 0.15) is 51.9 Å². The van der Waals surface area contributed by atoms with Crippen molar-refractivity contribution in [2.75, 3.05) is 0 Å². The van der Waals surface area contributed by atoms with E-state index < -0.39 is 0 Å². The van der Waals surface area contributed by atoms with Gasteiger partial charge in [-0.2, -0.15) is 0 Å². The summed E-state index contributed by atoms with van der Waals surface area (Å²) in [5, 5.41) is 3.55. The van der Waals surface area contributed by atoms with E-state index in [2.05, 4.69) is 23.3 Å². The quantitative estimate of drug-likeness (QED) is 0.761. The molecule has 3 nitrogen and oxygen atoms in total. The molecule has 0 radical (unpaired) electrons. The third kappa shape index (κ3) is 4.03. The Labute approximate surface area is 121 Å². The zero-order valence-electron chi connectivity index (χ0n) is 11.8. The summed E-state index contributed by atoms with van der Waals surface area (Å²) in [5.41, 5.74) is 5.41. The lowest BCUT2D eigenvalue weighted by molar-refractivity contribution is 0.366. The first kappa shape index (κ1) is 14.5. The van der Waals surface area contributed by atoms with E-state index in [0.29, 0.717) is 5.11 Å². The van der Waals surface area contributed by atoms with Crippen molar-refractivity contribution < 1.29 is 0 Å². The molecule has 0 bridgehead atoms. The number of allylic oxidation sites excluding steroid dienone is 1. The number of nitrogens with one attached hydrogen (secondary N) is 1. The molecule has 4 heteroatoms. The van der Waals surface area contributed by atoms with E-state index in [1.54, 1.807) is 0 Å². The molecule has 0 amide bonds. The van der Waals surface area contributed by atoms with Gasteiger partial charge >= 0.3 is 0 Å². The van der Waals surface area contributed by atoms with Crippen molar-refractivity contribution in [2.24, 2.45) is 16.6 Å². The molecule has 1 heterocycles. The highest BCUT2D eigenvalue weighted by Gasteiger charge is 2.32.